The largest absolute Gasteiger partial charge is 0.452 e. The summed E-state index contributed by atoms with van der Waals surface area (Å²) in [5.41, 5.74) is 1.55. The molecule has 0 aromatic heterocycles. The highest BCUT2D eigenvalue weighted by Gasteiger charge is 2.17. The number of ether oxygens (including phenoxy) is 1. The van der Waals surface area contributed by atoms with E-state index in [-0.39, 0.29) is 15.5 Å². The van der Waals surface area contributed by atoms with Crippen LogP contribution in [0.2, 0.25) is 5.02 Å². The summed E-state index contributed by atoms with van der Waals surface area (Å²) in [4.78, 5) is 23.8. The first kappa shape index (κ1) is 20.4. The SMILES string of the molecule is Cc1ccc(NC(=O)COC(=O)c2ccc(Cl)c(S(C)(=O)=O)c2)cc1Br. The number of hydrogen-bond donors (Lipinski definition) is 1. The van der Waals surface area contributed by atoms with Gasteiger partial charge in [-0.15, -0.1) is 0 Å². The van der Waals surface area contributed by atoms with Gasteiger partial charge in [0.1, 0.15) is 0 Å². The Kier molecular flexibility index (Phi) is 6.44. The first-order chi connectivity index (χ1) is 12.1. The van der Waals surface area contributed by atoms with Crippen LogP contribution in [0, 0.1) is 6.92 Å². The molecule has 0 aliphatic heterocycles. The normalized spacial score (nSPS) is 11.1. The third kappa shape index (κ3) is 5.30. The lowest BCUT2D eigenvalue weighted by Gasteiger charge is -2.09. The van der Waals surface area contributed by atoms with Gasteiger partial charge in [0.05, 0.1) is 15.5 Å². The molecule has 0 aliphatic rings. The Labute approximate surface area is 164 Å². The van der Waals surface area contributed by atoms with Gasteiger partial charge in [0.15, 0.2) is 16.4 Å². The van der Waals surface area contributed by atoms with Gasteiger partial charge in [-0.25, -0.2) is 13.2 Å². The number of esters is 1. The number of aryl methyl sites for hydroxylation is 1. The lowest BCUT2D eigenvalue weighted by atomic mass is 10.2. The van der Waals surface area contributed by atoms with Crippen molar-refractivity contribution in [2.45, 2.75) is 11.8 Å². The van der Waals surface area contributed by atoms with E-state index in [1.807, 2.05) is 13.0 Å². The predicted molar refractivity (Wildman–Crippen MR) is 102 cm³/mol. The minimum absolute atomic E-state index is 0.00624. The fourth-order valence-electron chi connectivity index (χ4n) is 2.00. The van der Waals surface area contributed by atoms with E-state index in [0.717, 1.165) is 22.4 Å². The van der Waals surface area contributed by atoms with Crippen molar-refractivity contribution in [3.63, 3.8) is 0 Å². The van der Waals surface area contributed by atoms with Crippen molar-refractivity contribution in [2.24, 2.45) is 0 Å². The Balaban J connectivity index is 2.02. The molecule has 138 valence electrons. The van der Waals surface area contributed by atoms with Crippen LogP contribution in [0.1, 0.15) is 15.9 Å². The molecule has 0 saturated carbocycles. The van der Waals surface area contributed by atoms with Crippen molar-refractivity contribution >= 4 is 54.9 Å². The standard InChI is InChI=1S/C17H15BrClNO5S/c1-10-3-5-12(8-13(10)18)20-16(21)9-25-17(22)11-4-6-14(19)15(7-11)26(2,23)24/h3-8H,9H2,1-2H3,(H,20,21). The molecule has 0 atom stereocenters. The van der Waals surface area contributed by atoms with Crippen LogP contribution in [-0.2, 0) is 19.4 Å². The highest BCUT2D eigenvalue weighted by molar-refractivity contribution is 9.10. The number of nitrogens with one attached hydrogen (secondary N) is 1. The topological polar surface area (TPSA) is 89.5 Å². The van der Waals surface area contributed by atoms with Crippen LogP contribution in [0.5, 0.6) is 0 Å². The molecule has 1 N–H and O–H groups in total. The van der Waals surface area contributed by atoms with Crippen molar-refractivity contribution in [1.29, 1.82) is 0 Å². The zero-order valence-electron chi connectivity index (χ0n) is 13.9. The molecule has 0 spiro atoms. The molecule has 0 aliphatic carbocycles. The minimum atomic E-state index is -3.59. The van der Waals surface area contributed by atoms with E-state index in [4.69, 9.17) is 16.3 Å². The second kappa shape index (κ2) is 8.20. The van der Waals surface area contributed by atoms with Gasteiger partial charge >= 0.3 is 5.97 Å². The molecule has 1 amide bonds. The first-order valence-corrected chi connectivity index (χ1v) is 10.4. The maximum atomic E-state index is 12.0. The van der Waals surface area contributed by atoms with E-state index in [0.29, 0.717) is 5.69 Å². The van der Waals surface area contributed by atoms with Crippen molar-refractivity contribution in [2.75, 3.05) is 18.2 Å². The number of sulfone groups is 1. The first-order valence-electron chi connectivity index (χ1n) is 7.30. The van der Waals surface area contributed by atoms with Crippen LogP contribution in [0.3, 0.4) is 0 Å². The number of hydrogen-bond acceptors (Lipinski definition) is 5. The number of amides is 1. The summed E-state index contributed by atoms with van der Waals surface area (Å²) in [6.07, 6.45) is 0.983. The molecule has 2 rings (SSSR count). The highest BCUT2D eigenvalue weighted by atomic mass is 79.9. The van der Waals surface area contributed by atoms with Gasteiger partial charge in [-0.1, -0.05) is 33.6 Å². The van der Waals surface area contributed by atoms with Crippen LogP contribution in [-0.4, -0.2) is 33.2 Å². The van der Waals surface area contributed by atoms with E-state index in [2.05, 4.69) is 21.2 Å². The van der Waals surface area contributed by atoms with Crippen LogP contribution < -0.4 is 5.32 Å². The molecule has 0 saturated heterocycles. The number of anilines is 1. The van der Waals surface area contributed by atoms with Gasteiger partial charge in [-0.05, 0) is 42.8 Å². The van der Waals surface area contributed by atoms with Crippen LogP contribution >= 0.6 is 27.5 Å². The summed E-state index contributed by atoms with van der Waals surface area (Å²) in [6.45, 7) is 1.40. The summed E-state index contributed by atoms with van der Waals surface area (Å²) in [5, 5.41) is 2.60. The lowest BCUT2D eigenvalue weighted by molar-refractivity contribution is -0.119. The molecule has 0 unspecified atom stereocenters. The summed E-state index contributed by atoms with van der Waals surface area (Å²) >= 11 is 9.19. The zero-order valence-corrected chi connectivity index (χ0v) is 17.0. The molecule has 2 aromatic rings. The number of rotatable bonds is 5. The molecule has 0 fully saturated rings. The van der Waals surface area contributed by atoms with E-state index in [1.54, 1.807) is 12.1 Å². The van der Waals surface area contributed by atoms with Crippen molar-refractivity contribution in [3.8, 4) is 0 Å². The zero-order chi connectivity index (χ0) is 19.5. The smallest absolute Gasteiger partial charge is 0.338 e. The second-order valence-corrected chi connectivity index (χ2v) is 8.75. The third-order valence-electron chi connectivity index (χ3n) is 3.36. The van der Waals surface area contributed by atoms with E-state index < -0.39 is 28.3 Å². The summed E-state index contributed by atoms with van der Waals surface area (Å²) in [6, 6.07) is 9.01. The number of carbonyl (C=O) groups excluding carboxylic acids is 2. The Morgan fingerprint density at radius 2 is 1.88 bits per heavy atom. The fourth-order valence-corrected chi connectivity index (χ4v) is 3.68. The molecular weight excluding hydrogens is 446 g/mol. The van der Waals surface area contributed by atoms with E-state index >= 15 is 0 Å². The minimum Gasteiger partial charge on any atom is -0.452 e. The van der Waals surface area contributed by atoms with Gasteiger partial charge in [0.2, 0.25) is 0 Å². The Morgan fingerprint density at radius 1 is 1.19 bits per heavy atom. The third-order valence-corrected chi connectivity index (χ3v) is 5.79. The van der Waals surface area contributed by atoms with Gasteiger partial charge in [0, 0.05) is 16.4 Å². The number of benzene rings is 2. The van der Waals surface area contributed by atoms with Crippen LogP contribution in [0.15, 0.2) is 45.8 Å². The lowest BCUT2D eigenvalue weighted by Crippen LogP contribution is -2.21. The summed E-state index contributed by atoms with van der Waals surface area (Å²) in [7, 11) is -3.59. The molecule has 9 heteroatoms. The highest BCUT2D eigenvalue weighted by Crippen LogP contribution is 2.23. The molecule has 0 heterocycles. The molecule has 0 radical (unpaired) electrons. The fraction of sp³-hybridized carbons (Fsp3) is 0.176. The maximum Gasteiger partial charge on any atom is 0.338 e. The van der Waals surface area contributed by atoms with Crippen LogP contribution in [0.25, 0.3) is 0 Å². The number of halogens is 2. The second-order valence-electron chi connectivity index (χ2n) is 5.51. The maximum absolute atomic E-state index is 12.0. The van der Waals surface area contributed by atoms with E-state index in [9.17, 15) is 18.0 Å². The van der Waals surface area contributed by atoms with Crippen LogP contribution in [0.4, 0.5) is 5.69 Å². The Hall–Kier alpha value is -1.90. The average Bonchev–Trinajstić information content (AvgIpc) is 2.55. The summed E-state index contributed by atoms with van der Waals surface area (Å²) < 4.78 is 29.0. The summed E-state index contributed by atoms with van der Waals surface area (Å²) in [5.74, 6) is -1.35. The molecule has 6 nitrogen and oxygen atoms in total. The average molecular weight is 461 g/mol. The monoisotopic (exact) mass is 459 g/mol. The molecule has 0 bridgehead atoms. The predicted octanol–water partition coefficient (Wildman–Crippen LogP) is 3.61. The van der Waals surface area contributed by atoms with Gasteiger partial charge in [-0.2, -0.15) is 0 Å². The van der Waals surface area contributed by atoms with Crippen molar-refractivity contribution in [3.05, 3.63) is 57.0 Å². The van der Waals surface area contributed by atoms with Crippen molar-refractivity contribution in [1.82, 2.24) is 0 Å². The quantitative estimate of drug-likeness (QED) is 0.689. The Bertz CT molecular complexity index is 975. The Morgan fingerprint density at radius 3 is 2.50 bits per heavy atom. The molecular formula is C17H15BrClNO5S. The van der Waals surface area contributed by atoms with Gasteiger partial charge < -0.3 is 10.1 Å². The van der Waals surface area contributed by atoms with Gasteiger partial charge in [-0.3, -0.25) is 4.79 Å². The molecule has 2 aromatic carbocycles. The van der Waals surface area contributed by atoms with E-state index in [1.165, 1.54) is 12.1 Å². The van der Waals surface area contributed by atoms with Crippen molar-refractivity contribution < 1.29 is 22.7 Å². The molecule has 26 heavy (non-hydrogen) atoms. The van der Waals surface area contributed by atoms with Gasteiger partial charge in [0.25, 0.3) is 5.91 Å². The number of carbonyl (C=O) groups is 2.